The van der Waals surface area contributed by atoms with Gasteiger partial charge in [-0.25, -0.2) is 17.8 Å². The van der Waals surface area contributed by atoms with Gasteiger partial charge in [-0.15, -0.1) is 11.3 Å². The minimum Gasteiger partial charge on any atom is -0.303 e. The summed E-state index contributed by atoms with van der Waals surface area (Å²) in [5.41, 5.74) is 0.552. The molecule has 1 unspecified atom stereocenters. The number of benzene rings is 1. The lowest BCUT2D eigenvalue weighted by Crippen LogP contribution is -2.35. The molecule has 1 aliphatic rings. The number of nitrogens with one attached hydrogen (secondary N) is 1. The molecule has 1 atom stereocenters. The second-order valence-electron chi connectivity index (χ2n) is 8.55. The van der Waals surface area contributed by atoms with Crippen LogP contribution in [0.15, 0.2) is 54.5 Å². The summed E-state index contributed by atoms with van der Waals surface area (Å²) < 4.78 is 45.2. The number of hydrogen-bond acceptors (Lipinski definition) is 6. The maximum absolute atomic E-state index is 15.1. The molecule has 0 saturated carbocycles. The molecule has 2 aromatic heterocycles. The highest BCUT2D eigenvalue weighted by Crippen LogP contribution is 2.30. The van der Waals surface area contributed by atoms with Crippen LogP contribution in [0.2, 0.25) is 4.34 Å². The first-order valence-corrected chi connectivity index (χ1v) is 13.6. The number of imidazole rings is 1. The molecule has 0 saturated heterocycles. The average molecular weight is 538 g/mol. The van der Waals surface area contributed by atoms with Gasteiger partial charge in [-0.05, 0) is 44.4 Å². The van der Waals surface area contributed by atoms with Gasteiger partial charge >= 0.3 is 0 Å². The molecule has 35 heavy (non-hydrogen) atoms. The van der Waals surface area contributed by atoms with Gasteiger partial charge in [0.2, 0.25) is 10.0 Å². The van der Waals surface area contributed by atoms with Crippen molar-refractivity contribution in [1.82, 2.24) is 19.2 Å². The second-order valence-corrected chi connectivity index (χ2v) is 12.1. The molecule has 0 aliphatic carbocycles. The number of carbonyl (C=O) groups is 1. The molecule has 4 rings (SSSR count). The number of thiophene rings is 1. The van der Waals surface area contributed by atoms with Gasteiger partial charge in [0.15, 0.2) is 0 Å². The summed E-state index contributed by atoms with van der Waals surface area (Å²) in [5, 5.41) is 0. The van der Waals surface area contributed by atoms with Gasteiger partial charge in [0, 0.05) is 41.5 Å². The lowest BCUT2D eigenvalue weighted by molar-refractivity contribution is -0.114. The second kappa shape index (κ2) is 10.1. The van der Waals surface area contributed by atoms with Crippen molar-refractivity contribution in [2.24, 2.45) is 0 Å². The van der Waals surface area contributed by atoms with Crippen molar-refractivity contribution < 1.29 is 17.6 Å². The van der Waals surface area contributed by atoms with Crippen LogP contribution in [0.25, 0.3) is 5.69 Å². The molecular formula is C23H25ClFN5O3S2. The van der Waals surface area contributed by atoms with E-state index in [0.29, 0.717) is 16.6 Å². The van der Waals surface area contributed by atoms with Gasteiger partial charge in [0.25, 0.3) is 5.91 Å². The van der Waals surface area contributed by atoms with E-state index in [1.54, 1.807) is 42.1 Å². The van der Waals surface area contributed by atoms with E-state index in [2.05, 4.69) is 9.71 Å². The third kappa shape index (κ3) is 5.75. The number of sulfonamides is 1. The van der Waals surface area contributed by atoms with Crippen LogP contribution in [0.1, 0.15) is 23.5 Å². The Morgan fingerprint density at radius 3 is 2.71 bits per heavy atom. The maximum atomic E-state index is 15.1. The standard InChI is InChI=1S/C23H25ClFN5O3S2/c1-15(20-6-7-21(24)34-20)14-35(32,33)27-18-8-10-30(23(18)31)19-5-4-16(12-17(19)25)29-11-9-26-22(29)13-28(2)3/h4-9,11-12,15,27H,10,13-14H2,1-3H3. The first kappa shape index (κ1) is 25.4. The number of amides is 1. The van der Waals surface area contributed by atoms with E-state index in [9.17, 15) is 13.2 Å². The van der Waals surface area contributed by atoms with Gasteiger partial charge < -0.3 is 14.4 Å². The largest absolute Gasteiger partial charge is 0.303 e. The molecular weight excluding hydrogens is 513 g/mol. The first-order valence-electron chi connectivity index (χ1n) is 10.8. The van der Waals surface area contributed by atoms with Gasteiger partial charge in [-0.2, -0.15) is 0 Å². The number of aromatic nitrogens is 2. The highest BCUT2D eigenvalue weighted by Gasteiger charge is 2.31. The molecule has 0 spiro atoms. The molecule has 3 heterocycles. The Morgan fingerprint density at radius 1 is 1.29 bits per heavy atom. The molecule has 1 aromatic carbocycles. The molecule has 8 nitrogen and oxygen atoms in total. The van der Waals surface area contributed by atoms with E-state index in [-0.39, 0.29) is 29.6 Å². The molecule has 186 valence electrons. The summed E-state index contributed by atoms with van der Waals surface area (Å²) in [6, 6.07) is 8.04. The van der Waals surface area contributed by atoms with Crippen LogP contribution < -0.4 is 9.62 Å². The monoisotopic (exact) mass is 537 g/mol. The number of halogens is 2. The summed E-state index contributed by atoms with van der Waals surface area (Å²) in [6.07, 6.45) is 4.84. The van der Waals surface area contributed by atoms with Crippen molar-refractivity contribution in [3.05, 3.63) is 75.4 Å². The molecule has 3 aromatic rings. The fraction of sp³-hybridized carbons (Fsp3) is 0.304. The van der Waals surface area contributed by atoms with Crippen molar-refractivity contribution >= 4 is 44.6 Å². The topological polar surface area (TPSA) is 87.5 Å². The molecule has 12 heteroatoms. The summed E-state index contributed by atoms with van der Waals surface area (Å²) in [4.78, 5) is 21.2. The number of carbonyl (C=O) groups excluding carboxylic acids is 1. The molecule has 1 N–H and O–H groups in total. The summed E-state index contributed by atoms with van der Waals surface area (Å²) in [5.74, 6) is -0.970. The van der Waals surface area contributed by atoms with Crippen LogP contribution in [-0.4, -0.2) is 55.2 Å². The molecule has 0 bridgehead atoms. The van der Waals surface area contributed by atoms with E-state index in [1.807, 2.05) is 19.0 Å². The predicted molar refractivity (Wildman–Crippen MR) is 136 cm³/mol. The summed E-state index contributed by atoms with van der Waals surface area (Å²) in [6.45, 7) is 2.41. The third-order valence-electron chi connectivity index (χ3n) is 5.44. The smallest absolute Gasteiger partial charge is 0.275 e. The highest BCUT2D eigenvalue weighted by molar-refractivity contribution is 7.89. The lowest BCUT2D eigenvalue weighted by Gasteiger charge is -2.19. The quantitative estimate of drug-likeness (QED) is 0.449. The van der Waals surface area contributed by atoms with E-state index >= 15 is 4.39 Å². The fourth-order valence-electron chi connectivity index (χ4n) is 3.84. The Hall–Kier alpha value is -2.73. The van der Waals surface area contributed by atoms with Crippen LogP contribution in [0, 0.1) is 5.82 Å². The molecule has 0 radical (unpaired) electrons. The SMILES string of the molecule is CC(CS(=O)(=O)NC1=CCN(c2ccc(-n3ccnc3CN(C)C)cc2F)C1=O)c1ccc(Cl)s1. The number of anilines is 1. The maximum Gasteiger partial charge on any atom is 0.275 e. The lowest BCUT2D eigenvalue weighted by atomic mass is 10.2. The van der Waals surface area contributed by atoms with Gasteiger partial charge in [-0.3, -0.25) is 9.52 Å². The molecule has 0 fully saturated rings. The van der Waals surface area contributed by atoms with Gasteiger partial charge in [0.1, 0.15) is 17.3 Å². The van der Waals surface area contributed by atoms with E-state index in [1.165, 1.54) is 34.4 Å². The highest BCUT2D eigenvalue weighted by atomic mass is 35.5. The Morgan fingerprint density at radius 2 is 2.06 bits per heavy atom. The van der Waals surface area contributed by atoms with Crippen LogP contribution in [0.5, 0.6) is 0 Å². The first-order chi connectivity index (χ1) is 16.5. The Balaban J connectivity index is 1.46. The minimum atomic E-state index is -3.81. The number of nitrogens with zero attached hydrogens (tertiary/aromatic N) is 4. The van der Waals surface area contributed by atoms with Crippen molar-refractivity contribution in [1.29, 1.82) is 0 Å². The van der Waals surface area contributed by atoms with Crippen molar-refractivity contribution in [3.8, 4) is 5.69 Å². The van der Waals surface area contributed by atoms with E-state index in [4.69, 9.17) is 11.6 Å². The number of hydrogen-bond donors (Lipinski definition) is 1. The fourth-order valence-corrected chi connectivity index (χ4v) is 6.48. The normalized spacial score (nSPS) is 15.1. The third-order valence-corrected chi connectivity index (χ3v) is 8.38. The van der Waals surface area contributed by atoms with Crippen LogP contribution in [0.3, 0.4) is 0 Å². The Bertz CT molecular complexity index is 1380. The van der Waals surface area contributed by atoms with E-state index in [0.717, 1.165) is 10.7 Å². The zero-order valence-electron chi connectivity index (χ0n) is 19.4. The van der Waals surface area contributed by atoms with Crippen LogP contribution >= 0.6 is 22.9 Å². The molecule has 1 amide bonds. The van der Waals surface area contributed by atoms with Crippen LogP contribution in [-0.2, 0) is 21.4 Å². The zero-order valence-corrected chi connectivity index (χ0v) is 21.8. The predicted octanol–water partition coefficient (Wildman–Crippen LogP) is 3.74. The summed E-state index contributed by atoms with van der Waals surface area (Å²) >= 11 is 7.26. The zero-order chi connectivity index (χ0) is 25.3. The Kier molecular flexibility index (Phi) is 7.32. The van der Waals surface area contributed by atoms with Gasteiger partial charge in [0.05, 0.1) is 22.3 Å². The Labute approximate surface area is 212 Å². The average Bonchev–Trinajstić information content (AvgIpc) is 3.49. The summed E-state index contributed by atoms with van der Waals surface area (Å²) in [7, 11) is 0.0182. The molecule has 1 aliphatic heterocycles. The van der Waals surface area contributed by atoms with Crippen LogP contribution in [0.4, 0.5) is 10.1 Å². The van der Waals surface area contributed by atoms with Gasteiger partial charge in [-0.1, -0.05) is 18.5 Å². The number of rotatable bonds is 9. The van der Waals surface area contributed by atoms with Crippen molar-refractivity contribution in [2.45, 2.75) is 19.4 Å². The van der Waals surface area contributed by atoms with E-state index < -0.39 is 21.7 Å². The van der Waals surface area contributed by atoms with Crippen molar-refractivity contribution in [3.63, 3.8) is 0 Å². The minimum absolute atomic E-state index is 0.0555. The van der Waals surface area contributed by atoms with Crippen molar-refractivity contribution in [2.75, 3.05) is 31.3 Å².